The maximum Gasteiger partial charge on any atom is 0.387 e. The van der Waals surface area contributed by atoms with Gasteiger partial charge in [0.25, 0.3) is 0 Å². The molecule has 2 aromatic rings. The maximum absolute atomic E-state index is 12.1. The molecule has 0 unspecified atom stereocenters. The number of anilines is 1. The summed E-state index contributed by atoms with van der Waals surface area (Å²) >= 11 is 5.37. The van der Waals surface area contributed by atoms with Crippen molar-refractivity contribution >= 4 is 23.0 Å². The first-order valence-electron chi connectivity index (χ1n) is 7.18. The average molecular weight is 352 g/mol. The Morgan fingerprint density at radius 3 is 2.50 bits per heavy atom. The van der Waals surface area contributed by atoms with Crippen LogP contribution >= 0.6 is 12.2 Å². The van der Waals surface area contributed by atoms with Crippen LogP contribution in [-0.2, 0) is 6.54 Å². The summed E-state index contributed by atoms with van der Waals surface area (Å²) in [6.45, 7) is -2.29. The van der Waals surface area contributed by atoms with Crippen LogP contribution in [0, 0.1) is 0 Å². The number of hydrogen-bond acceptors (Lipinski definition) is 3. The molecule has 0 atom stereocenters. The molecule has 0 aromatic heterocycles. The van der Waals surface area contributed by atoms with E-state index in [4.69, 9.17) is 17.0 Å². The van der Waals surface area contributed by atoms with Crippen molar-refractivity contribution in [2.24, 2.45) is 0 Å². The van der Waals surface area contributed by atoms with Gasteiger partial charge in [0.15, 0.2) is 5.11 Å². The summed E-state index contributed by atoms with van der Waals surface area (Å²) < 4.78 is 33.8. The Kier molecular flexibility index (Phi) is 6.31. The molecule has 0 heterocycles. The van der Waals surface area contributed by atoms with Gasteiger partial charge in [-0.15, -0.1) is 0 Å². The molecule has 1 N–H and O–H groups in total. The van der Waals surface area contributed by atoms with Crippen molar-refractivity contribution in [1.82, 2.24) is 4.90 Å². The van der Waals surface area contributed by atoms with Crippen LogP contribution in [0.4, 0.5) is 14.5 Å². The minimum atomic E-state index is -2.82. The summed E-state index contributed by atoms with van der Waals surface area (Å²) in [7, 11) is 3.45. The topological polar surface area (TPSA) is 33.7 Å². The molecule has 0 aliphatic carbocycles. The summed E-state index contributed by atoms with van der Waals surface area (Å²) in [6, 6.07) is 13.9. The molecule has 0 amide bonds. The van der Waals surface area contributed by atoms with E-state index in [-0.39, 0.29) is 5.75 Å². The first kappa shape index (κ1) is 17.9. The summed E-state index contributed by atoms with van der Waals surface area (Å²) in [5.74, 6) is 0.869. The molecule has 0 bridgehead atoms. The minimum Gasteiger partial charge on any atom is -0.497 e. The Bertz CT molecular complexity index is 681. The van der Waals surface area contributed by atoms with E-state index in [1.807, 2.05) is 36.2 Å². The highest BCUT2D eigenvalue weighted by Crippen LogP contribution is 2.18. The van der Waals surface area contributed by atoms with Crippen LogP contribution in [0.5, 0.6) is 11.5 Å². The Balaban J connectivity index is 1.93. The average Bonchev–Trinajstić information content (AvgIpc) is 2.56. The van der Waals surface area contributed by atoms with Crippen molar-refractivity contribution < 1.29 is 18.3 Å². The van der Waals surface area contributed by atoms with Gasteiger partial charge in [-0.25, -0.2) is 0 Å². The smallest absolute Gasteiger partial charge is 0.387 e. The lowest BCUT2D eigenvalue weighted by atomic mass is 10.2. The zero-order valence-corrected chi connectivity index (χ0v) is 14.1. The van der Waals surface area contributed by atoms with E-state index in [0.717, 1.165) is 17.0 Å². The van der Waals surface area contributed by atoms with Crippen LogP contribution in [0.1, 0.15) is 5.56 Å². The highest BCUT2D eigenvalue weighted by Gasteiger charge is 2.08. The van der Waals surface area contributed by atoms with Crippen LogP contribution in [0.3, 0.4) is 0 Å². The van der Waals surface area contributed by atoms with Crippen molar-refractivity contribution in [1.29, 1.82) is 0 Å². The monoisotopic (exact) mass is 352 g/mol. The lowest BCUT2D eigenvalue weighted by molar-refractivity contribution is -0.0498. The van der Waals surface area contributed by atoms with Crippen LogP contribution in [-0.4, -0.2) is 30.8 Å². The Morgan fingerprint density at radius 2 is 1.88 bits per heavy atom. The second-order valence-corrected chi connectivity index (χ2v) is 5.43. The normalized spacial score (nSPS) is 10.4. The fourth-order valence-electron chi connectivity index (χ4n) is 2.04. The van der Waals surface area contributed by atoms with E-state index in [0.29, 0.717) is 11.7 Å². The highest BCUT2D eigenvalue weighted by molar-refractivity contribution is 7.80. The molecule has 0 saturated heterocycles. The third-order valence-corrected chi connectivity index (χ3v) is 3.65. The van der Waals surface area contributed by atoms with Crippen molar-refractivity contribution in [2.75, 3.05) is 19.5 Å². The van der Waals surface area contributed by atoms with Crippen molar-refractivity contribution in [2.45, 2.75) is 13.2 Å². The molecule has 0 aliphatic heterocycles. The number of methoxy groups -OCH3 is 1. The van der Waals surface area contributed by atoms with E-state index in [9.17, 15) is 8.78 Å². The molecule has 24 heavy (non-hydrogen) atoms. The number of nitrogens with one attached hydrogen (secondary N) is 1. The third kappa shape index (κ3) is 5.34. The Morgan fingerprint density at radius 1 is 1.17 bits per heavy atom. The summed E-state index contributed by atoms with van der Waals surface area (Å²) in [4.78, 5) is 1.85. The number of alkyl halides is 2. The fraction of sp³-hybridized carbons (Fsp3) is 0.235. The molecule has 4 nitrogen and oxygen atoms in total. The van der Waals surface area contributed by atoms with E-state index < -0.39 is 6.61 Å². The molecule has 0 spiro atoms. The van der Waals surface area contributed by atoms with Crippen LogP contribution < -0.4 is 14.8 Å². The van der Waals surface area contributed by atoms with Gasteiger partial charge in [0.1, 0.15) is 11.5 Å². The molecule has 0 saturated carbocycles. The highest BCUT2D eigenvalue weighted by atomic mass is 32.1. The van der Waals surface area contributed by atoms with E-state index in [1.54, 1.807) is 19.2 Å². The first-order chi connectivity index (χ1) is 11.5. The predicted octanol–water partition coefficient (Wildman–Crippen LogP) is 4.13. The molecule has 128 valence electrons. The Labute approximate surface area is 145 Å². The van der Waals surface area contributed by atoms with Crippen LogP contribution in [0.25, 0.3) is 0 Å². The van der Waals surface area contributed by atoms with Crippen LogP contribution in [0.2, 0.25) is 0 Å². The number of thiocarbonyl (C=S) groups is 1. The largest absolute Gasteiger partial charge is 0.497 e. The molecule has 0 radical (unpaired) electrons. The SMILES string of the molecule is COc1cccc(NC(=S)N(C)Cc2ccc(OC(F)F)cc2)c1. The van der Waals surface area contributed by atoms with Gasteiger partial charge in [-0.1, -0.05) is 18.2 Å². The number of rotatable bonds is 6. The van der Waals surface area contributed by atoms with Gasteiger partial charge < -0.3 is 19.7 Å². The molecule has 0 fully saturated rings. The molecular weight excluding hydrogens is 334 g/mol. The van der Waals surface area contributed by atoms with Crippen LogP contribution in [0.15, 0.2) is 48.5 Å². The predicted molar refractivity (Wildman–Crippen MR) is 93.8 cm³/mol. The molecular formula is C17H18F2N2O2S. The van der Waals surface area contributed by atoms with E-state index in [2.05, 4.69) is 10.1 Å². The van der Waals surface area contributed by atoms with E-state index >= 15 is 0 Å². The van der Waals surface area contributed by atoms with Gasteiger partial charge in [0.2, 0.25) is 0 Å². The van der Waals surface area contributed by atoms with Gasteiger partial charge in [-0.05, 0) is 42.0 Å². The number of hydrogen-bond donors (Lipinski definition) is 1. The lowest BCUT2D eigenvalue weighted by Crippen LogP contribution is -2.30. The minimum absolute atomic E-state index is 0.133. The van der Waals surface area contributed by atoms with Gasteiger partial charge in [-0.3, -0.25) is 0 Å². The third-order valence-electron chi connectivity index (χ3n) is 3.24. The first-order valence-corrected chi connectivity index (χ1v) is 7.58. The molecule has 2 rings (SSSR count). The molecule has 2 aromatic carbocycles. The van der Waals surface area contributed by atoms with Gasteiger partial charge >= 0.3 is 6.61 Å². The number of nitrogens with zero attached hydrogens (tertiary/aromatic N) is 1. The fourth-order valence-corrected chi connectivity index (χ4v) is 2.22. The molecule has 7 heteroatoms. The number of benzene rings is 2. The lowest BCUT2D eigenvalue weighted by Gasteiger charge is -2.21. The number of ether oxygens (including phenoxy) is 2. The van der Waals surface area contributed by atoms with Gasteiger partial charge in [0, 0.05) is 25.3 Å². The standard InChI is InChI=1S/C17H18F2N2O2S/c1-21(11-12-6-8-14(9-7-12)23-16(18)19)17(24)20-13-4-3-5-15(10-13)22-2/h3-10,16H,11H2,1-2H3,(H,20,24). The summed E-state index contributed by atoms with van der Waals surface area (Å²) in [5, 5.41) is 3.67. The summed E-state index contributed by atoms with van der Waals surface area (Å²) in [5.41, 5.74) is 1.75. The molecule has 0 aliphatic rings. The zero-order chi connectivity index (χ0) is 17.5. The van der Waals surface area contributed by atoms with Crippen molar-refractivity contribution in [3.8, 4) is 11.5 Å². The van der Waals surface area contributed by atoms with E-state index in [1.165, 1.54) is 12.1 Å². The number of halogens is 2. The van der Waals surface area contributed by atoms with Crippen molar-refractivity contribution in [3.63, 3.8) is 0 Å². The van der Waals surface area contributed by atoms with Gasteiger partial charge in [-0.2, -0.15) is 8.78 Å². The Hall–Kier alpha value is -2.41. The van der Waals surface area contributed by atoms with Crippen molar-refractivity contribution in [3.05, 3.63) is 54.1 Å². The van der Waals surface area contributed by atoms with Gasteiger partial charge in [0.05, 0.1) is 7.11 Å². The maximum atomic E-state index is 12.1. The zero-order valence-electron chi connectivity index (χ0n) is 13.3. The summed E-state index contributed by atoms with van der Waals surface area (Å²) in [6.07, 6.45) is 0. The second kappa shape index (κ2) is 8.44. The second-order valence-electron chi connectivity index (χ2n) is 5.04. The quantitative estimate of drug-likeness (QED) is 0.791.